The van der Waals surface area contributed by atoms with Gasteiger partial charge in [-0.3, -0.25) is 4.79 Å². The second kappa shape index (κ2) is 41.8. The highest BCUT2D eigenvalue weighted by molar-refractivity contribution is 5.76. The fourth-order valence-electron chi connectivity index (χ4n) is 8.89. The van der Waals surface area contributed by atoms with Crippen LogP contribution in [0.2, 0.25) is 0 Å². The van der Waals surface area contributed by atoms with Gasteiger partial charge in [0, 0.05) is 13.5 Å². The summed E-state index contributed by atoms with van der Waals surface area (Å²) < 4.78 is 16.7. The van der Waals surface area contributed by atoms with Crippen molar-refractivity contribution in [1.82, 2.24) is 5.32 Å². The molecule has 1 saturated heterocycles. The van der Waals surface area contributed by atoms with Crippen molar-refractivity contribution in [1.29, 1.82) is 0 Å². The summed E-state index contributed by atoms with van der Waals surface area (Å²) in [6, 6.07) is -0.954. The molecule has 0 bridgehead atoms. The van der Waals surface area contributed by atoms with E-state index in [9.17, 15) is 30.3 Å². The number of rotatable bonds is 45. The molecule has 1 heterocycles. The molecular weight excluding hydrogens is 771 g/mol. The minimum Gasteiger partial charge on any atom is -0.394 e. The van der Waals surface area contributed by atoms with Crippen LogP contribution >= 0.6 is 0 Å². The summed E-state index contributed by atoms with van der Waals surface area (Å²) in [7, 11) is 1.36. The quantitative estimate of drug-likeness (QED) is 0.0328. The van der Waals surface area contributed by atoms with Crippen molar-refractivity contribution in [2.75, 3.05) is 20.3 Å². The molecule has 1 aliphatic rings. The van der Waals surface area contributed by atoms with Crippen LogP contribution in [0.4, 0.5) is 0 Å². The van der Waals surface area contributed by atoms with Crippen LogP contribution in [-0.2, 0) is 19.0 Å². The monoisotopic (exact) mass is 872 g/mol. The number of methoxy groups -OCH3 is 1. The van der Waals surface area contributed by atoms with Crippen LogP contribution in [0.1, 0.15) is 251 Å². The lowest BCUT2D eigenvalue weighted by Gasteiger charge is -2.41. The van der Waals surface area contributed by atoms with Crippen molar-refractivity contribution in [2.24, 2.45) is 0 Å². The van der Waals surface area contributed by atoms with Gasteiger partial charge in [0.2, 0.25) is 5.91 Å². The number of nitrogens with one attached hydrogen (secondary N) is 1. The molecule has 1 aliphatic heterocycles. The van der Waals surface area contributed by atoms with E-state index in [0.717, 1.165) is 38.5 Å². The number of unbranched alkanes of at least 4 members (excludes halogenated alkanes) is 33. The van der Waals surface area contributed by atoms with Crippen molar-refractivity contribution in [2.45, 2.75) is 300 Å². The molecule has 0 aromatic rings. The number of aliphatic hydroxyl groups is 5. The van der Waals surface area contributed by atoms with E-state index in [0.29, 0.717) is 12.8 Å². The van der Waals surface area contributed by atoms with Gasteiger partial charge in [0.15, 0.2) is 6.29 Å². The third-order valence-electron chi connectivity index (χ3n) is 13.0. The van der Waals surface area contributed by atoms with Crippen LogP contribution < -0.4 is 5.32 Å². The molecule has 6 N–H and O–H groups in total. The summed E-state index contributed by atoms with van der Waals surface area (Å²) >= 11 is 0. The van der Waals surface area contributed by atoms with Gasteiger partial charge in [0.25, 0.3) is 0 Å². The maximum atomic E-state index is 13.1. The maximum absolute atomic E-state index is 13.1. The van der Waals surface area contributed by atoms with Crippen molar-refractivity contribution in [3.63, 3.8) is 0 Å². The third kappa shape index (κ3) is 30.8. The first-order chi connectivity index (χ1) is 29.8. The zero-order valence-electron chi connectivity index (χ0n) is 40.1. The Kier molecular flexibility index (Phi) is 39.9. The molecule has 0 saturated carbocycles. The Balaban J connectivity index is 2.30. The topological polar surface area (TPSA) is 158 Å². The molecule has 1 amide bonds. The van der Waals surface area contributed by atoms with E-state index in [1.54, 1.807) is 0 Å². The molecule has 1 fully saturated rings. The number of aliphatic hydroxyl groups excluding tert-OH is 5. The molecule has 0 unspecified atom stereocenters. The number of amides is 1. The Labute approximate surface area is 375 Å². The fraction of sp³-hybridized carbons (Fsp3) is 0.980. The SMILES string of the molecule is CCCCCCCCCCCCCCCCCCCCCCCCCC(=O)N[C@@H](CO[C@H]1O[C@H](CO)[C@H](OC)[C@H](O)[C@H]1O)[C@H](O)[C@H](O)CCCCCCCCCCCCCC. The van der Waals surface area contributed by atoms with E-state index in [1.807, 2.05) is 0 Å². The van der Waals surface area contributed by atoms with Gasteiger partial charge in [-0.1, -0.05) is 232 Å². The zero-order chi connectivity index (χ0) is 44.6. The molecule has 0 aromatic carbocycles. The van der Waals surface area contributed by atoms with E-state index >= 15 is 0 Å². The van der Waals surface area contributed by atoms with Crippen molar-refractivity contribution in [3.05, 3.63) is 0 Å². The van der Waals surface area contributed by atoms with E-state index in [-0.39, 0.29) is 12.5 Å². The van der Waals surface area contributed by atoms with Gasteiger partial charge >= 0.3 is 0 Å². The minimum absolute atomic E-state index is 0.230. The summed E-state index contributed by atoms with van der Waals surface area (Å²) in [6.07, 6.45) is 37.0. The predicted octanol–water partition coefficient (Wildman–Crippen LogP) is 11.1. The van der Waals surface area contributed by atoms with Gasteiger partial charge in [0.1, 0.15) is 30.5 Å². The van der Waals surface area contributed by atoms with Gasteiger partial charge in [-0.05, 0) is 12.8 Å². The van der Waals surface area contributed by atoms with Crippen LogP contribution in [0.3, 0.4) is 0 Å². The van der Waals surface area contributed by atoms with Crippen LogP contribution in [0.25, 0.3) is 0 Å². The molecule has 8 atom stereocenters. The van der Waals surface area contributed by atoms with Crippen LogP contribution in [0.5, 0.6) is 0 Å². The Morgan fingerprint density at radius 1 is 0.557 bits per heavy atom. The third-order valence-corrected chi connectivity index (χ3v) is 13.0. The van der Waals surface area contributed by atoms with Gasteiger partial charge < -0.3 is 45.1 Å². The molecule has 0 spiro atoms. The Hall–Kier alpha value is -0.850. The highest BCUT2D eigenvalue weighted by Gasteiger charge is 2.45. The highest BCUT2D eigenvalue weighted by Crippen LogP contribution is 2.25. The Bertz CT molecular complexity index is 942. The maximum Gasteiger partial charge on any atom is 0.220 e. The van der Waals surface area contributed by atoms with E-state index in [4.69, 9.17) is 14.2 Å². The van der Waals surface area contributed by atoms with Crippen molar-refractivity contribution < 1.29 is 44.5 Å². The molecule has 10 nitrogen and oxygen atoms in total. The Morgan fingerprint density at radius 2 is 0.918 bits per heavy atom. The average molecular weight is 872 g/mol. The van der Waals surface area contributed by atoms with Gasteiger partial charge in [0.05, 0.1) is 25.4 Å². The van der Waals surface area contributed by atoms with E-state index < -0.39 is 55.6 Å². The molecule has 1 rings (SSSR count). The number of carbonyl (C=O) groups excluding carboxylic acids is 1. The molecule has 364 valence electrons. The Morgan fingerprint density at radius 3 is 1.28 bits per heavy atom. The second-order valence-corrected chi connectivity index (χ2v) is 18.7. The molecule has 0 aromatic heterocycles. The number of carbonyl (C=O) groups is 1. The van der Waals surface area contributed by atoms with Crippen LogP contribution in [-0.4, -0.2) is 101 Å². The first-order valence-corrected chi connectivity index (χ1v) is 26.2. The first-order valence-electron chi connectivity index (χ1n) is 26.2. The van der Waals surface area contributed by atoms with Crippen molar-refractivity contribution in [3.8, 4) is 0 Å². The summed E-state index contributed by atoms with van der Waals surface area (Å²) in [4.78, 5) is 13.1. The summed E-state index contributed by atoms with van der Waals surface area (Å²) in [5, 5.41) is 56.1. The van der Waals surface area contributed by atoms with Gasteiger partial charge in [-0.25, -0.2) is 0 Å². The van der Waals surface area contributed by atoms with Gasteiger partial charge in [-0.15, -0.1) is 0 Å². The lowest BCUT2D eigenvalue weighted by atomic mass is 9.98. The van der Waals surface area contributed by atoms with Gasteiger partial charge in [-0.2, -0.15) is 0 Å². The fourth-order valence-corrected chi connectivity index (χ4v) is 8.89. The minimum atomic E-state index is -1.47. The molecule has 0 aliphatic carbocycles. The lowest BCUT2D eigenvalue weighted by Crippen LogP contribution is -2.60. The number of ether oxygens (including phenoxy) is 3. The van der Waals surface area contributed by atoms with Crippen LogP contribution in [0.15, 0.2) is 0 Å². The molecular formula is C51H101NO9. The molecule has 0 radical (unpaired) electrons. The lowest BCUT2D eigenvalue weighted by molar-refractivity contribution is -0.306. The molecule has 61 heavy (non-hydrogen) atoms. The smallest absolute Gasteiger partial charge is 0.220 e. The van der Waals surface area contributed by atoms with Crippen LogP contribution in [0, 0.1) is 0 Å². The first kappa shape index (κ1) is 58.2. The molecule has 10 heteroatoms. The standard InChI is InChI=1S/C51H101NO9/c1-4-6-8-10-12-14-16-18-19-20-21-22-23-24-25-26-27-28-30-32-34-36-38-40-46(55)52-43(42-60-51-49(58)48(57)50(59-3)45(41-53)61-51)47(56)44(54)39-37-35-33-31-29-17-15-13-11-9-7-5-2/h43-45,47-51,53-54,56-58H,4-42H2,1-3H3,(H,52,55)/t43-,44+,45+,47-,48+,49+,50-,51-/m0/s1. The summed E-state index contributed by atoms with van der Waals surface area (Å²) in [5.74, 6) is -0.230. The summed E-state index contributed by atoms with van der Waals surface area (Å²) in [5.41, 5.74) is 0. The summed E-state index contributed by atoms with van der Waals surface area (Å²) in [6.45, 7) is 3.81. The predicted molar refractivity (Wildman–Crippen MR) is 251 cm³/mol. The van der Waals surface area contributed by atoms with E-state index in [1.165, 1.54) is 193 Å². The number of hydrogen-bond acceptors (Lipinski definition) is 9. The largest absolute Gasteiger partial charge is 0.394 e. The normalized spacial score (nSPS) is 20.8. The van der Waals surface area contributed by atoms with Crippen molar-refractivity contribution >= 4 is 5.91 Å². The highest BCUT2D eigenvalue weighted by atomic mass is 16.7. The number of hydrogen-bond donors (Lipinski definition) is 6. The zero-order valence-corrected chi connectivity index (χ0v) is 40.1. The second-order valence-electron chi connectivity index (χ2n) is 18.7. The average Bonchev–Trinajstić information content (AvgIpc) is 3.26. The van der Waals surface area contributed by atoms with E-state index in [2.05, 4.69) is 19.2 Å².